The third kappa shape index (κ3) is 2.86. The van der Waals surface area contributed by atoms with Gasteiger partial charge in [0.2, 0.25) is 0 Å². The average Bonchev–Trinajstić information content (AvgIpc) is 3.02. The number of ether oxygens (including phenoxy) is 1. The Kier molecular flexibility index (Phi) is 4.03. The minimum atomic E-state index is -0.585. The van der Waals surface area contributed by atoms with Gasteiger partial charge in [0.05, 0.1) is 22.2 Å². The molecule has 0 aromatic heterocycles. The quantitative estimate of drug-likeness (QED) is 0.730. The molecule has 3 rings (SSSR count). The lowest BCUT2D eigenvalue weighted by Gasteiger charge is -2.25. The Labute approximate surface area is 145 Å². The van der Waals surface area contributed by atoms with Crippen molar-refractivity contribution in [2.75, 3.05) is 13.1 Å². The Bertz CT molecular complexity index is 726. The van der Waals surface area contributed by atoms with E-state index in [0.717, 1.165) is 0 Å². The van der Waals surface area contributed by atoms with Crippen molar-refractivity contribution in [2.24, 2.45) is 0 Å². The van der Waals surface area contributed by atoms with Crippen LogP contribution in [0.3, 0.4) is 0 Å². The summed E-state index contributed by atoms with van der Waals surface area (Å²) in [6, 6.07) is 4.48. The number of hydrogen-bond acceptors (Lipinski definition) is 4. The number of carbonyl (C=O) groups is 3. The standard InChI is InChI=1S/C17H19ClN2O4/c1-17(2,3)24-16(23)19-8-7-10(9-19)20-14(21)11-5-4-6-12(18)13(11)15(20)22/h4-6,10H,7-9H2,1-3H3. The van der Waals surface area contributed by atoms with Crippen LogP contribution in [0.5, 0.6) is 0 Å². The zero-order chi connectivity index (χ0) is 17.6. The fourth-order valence-corrected chi connectivity index (χ4v) is 3.29. The lowest BCUT2D eigenvalue weighted by atomic mass is 10.1. The summed E-state index contributed by atoms with van der Waals surface area (Å²) in [6.07, 6.45) is 0.0992. The minimum Gasteiger partial charge on any atom is -0.444 e. The average molecular weight is 351 g/mol. The molecule has 3 amide bonds. The first kappa shape index (κ1) is 16.8. The summed E-state index contributed by atoms with van der Waals surface area (Å²) in [7, 11) is 0. The maximum absolute atomic E-state index is 12.6. The molecule has 0 spiro atoms. The summed E-state index contributed by atoms with van der Waals surface area (Å²) in [4.78, 5) is 40.1. The molecule has 0 saturated carbocycles. The predicted molar refractivity (Wildman–Crippen MR) is 88.2 cm³/mol. The Morgan fingerprint density at radius 2 is 1.96 bits per heavy atom. The van der Waals surface area contributed by atoms with Crippen LogP contribution in [0.1, 0.15) is 47.9 Å². The van der Waals surface area contributed by atoms with E-state index >= 15 is 0 Å². The van der Waals surface area contributed by atoms with Gasteiger partial charge in [0.25, 0.3) is 11.8 Å². The van der Waals surface area contributed by atoms with Gasteiger partial charge in [-0.2, -0.15) is 0 Å². The van der Waals surface area contributed by atoms with Crippen molar-refractivity contribution in [1.29, 1.82) is 0 Å². The van der Waals surface area contributed by atoms with E-state index in [1.165, 1.54) is 9.80 Å². The molecular weight excluding hydrogens is 332 g/mol. The van der Waals surface area contributed by atoms with E-state index < -0.39 is 17.6 Å². The number of likely N-dealkylation sites (tertiary alicyclic amines) is 1. The van der Waals surface area contributed by atoms with Crippen LogP contribution in [0, 0.1) is 0 Å². The summed E-state index contributed by atoms with van der Waals surface area (Å²) in [5.74, 6) is -0.745. The second-order valence-corrected chi connectivity index (χ2v) is 7.42. The summed E-state index contributed by atoms with van der Waals surface area (Å²) < 4.78 is 5.34. The van der Waals surface area contributed by atoms with Crippen LogP contribution in [-0.2, 0) is 4.74 Å². The number of imide groups is 1. The van der Waals surface area contributed by atoms with E-state index in [9.17, 15) is 14.4 Å². The number of hydrogen-bond donors (Lipinski definition) is 0. The molecule has 1 fully saturated rings. The summed E-state index contributed by atoms with van der Waals surface area (Å²) in [5.41, 5.74) is -0.0128. The van der Waals surface area contributed by atoms with Gasteiger partial charge in [0.1, 0.15) is 5.60 Å². The van der Waals surface area contributed by atoms with Crippen LogP contribution in [0.15, 0.2) is 18.2 Å². The molecule has 0 aliphatic carbocycles. The van der Waals surface area contributed by atoms with Crippen LogP contribution in [0.4, 0.5) is 4.79 Å². The molecule has 24 heavy (non-hydrogen) atoms. The fourth-order valence-electron chi connectivity index (χ4n) is 3.04. The van der Waals surface area contributed by atoms with Crippen LogP contribution in [0.2, 0.25) is 5.02 Å². The van der Waals surface area contributed by atoms with E-state index in [0.29, 0.717) is 18.5 Å². The van der Waals surface area contributed by atoms with Crippen LogP contribution < -0.4 is 0 Å². The normalized spacial score (nSPS) is 20.6. The Morgan fingerprint density at radius 3 is 2.58 bits per heavy atom. The second-order valence-electron chi connectivity index (χ2n) is 7.01. The largest absolute Gasteiger partial charge is 0.444 e. The highest BCUT2D eigenvalue weighted by Crippen LogP contribution is 2.32. The molecule has 6 nitrogen and oxygen atoms in total. The van der Waals surface area contributed by atoms with E-state index in [1.807, 2.05) is 0 Å². The molecule has 0 radical (unpaired) electrons. The summed E-state index contributed by atoms with van der Waals surface area (Å²) in [5, 5.41) is 0.273. The third-order valence-corrected chi connectivity index (χ3v) is 4.39. The van der Waals surface area contributed by atoms with Crippen molar-refractivity contribution >= 4 is 29.5 Å². The van der Waals surface area contributed by atoms with Crippen molar-refractivity contribution in [3.05, 3.63) is 34.3 Å². The Hall–Kier alpha value is -2.08. The van der Waals surface area contributed by atoms with Gasteiger partial charge in [-0.05, 0) is 39.3 Å². The van der Waals surface area contributed by atoms with E-state index in [1.54, 1.807) is 39.0 Å². The van der Waals surface area contributed by atoms with Gasteiger partial charge in [0, 0.05) is 13.1 Å². The number of nitrogens with zero attached hydrogens (tertiary/aromatic N) is 2. The molecule has 1 aromatic carbocycles. The van der Waals surface area contributed by atoms with Crippen molar-refractivity contribution in [3.8, 4) is 0 Å². The Morgan fingerprint density at radius 1 is 1.25 bits per heavy atom. The van der Waals surface area contributed by atoms with E-state index in [2.05, 4.69) is 0 Å². The fraction of sp³-hybridized carbons (Fsp3) is 0.471. The summed E-state index contributed by atoms with van der Waals surface area (Å²) >= 11 is 6.07. The van der Waals surface area contributed by atoms with Gasteiger partial charge in [-0.1, -0.05) is 17.7 Å². The number of halogens is 1. The topological polar surface area (TPSA) is 66.9 Å². The van der Waals surface area contributed by atoms with Crippen molar-refractivity contribution in [3.63, 3.8) is 0 Å². The molecule has 1 aromatic rings. The highest BCUT2D eigenvalue weighted by Gasteiger charge is 2.44. The van der Waals surface area contributed by atoms with E-state index in [4.69, 9.17) is 16.3 Å². The van der Waals surface area contributed by atoms with Crippen molar-refractivity contribution < 1.29 is 19.1 Å². The molecule has 2 heterocycles. The molecule has 7 heteroatoms. The molecule has 1 unspecified atom stereocenters. The van der Waals surface area contributed by atoms with E-state index in [-0.39, 0.29) is 29.1 Å². The molecule has 1 saturated heterocycles. The van der Waals surface area contributed by atoms with Gasteiger partial charge < -0.3 is 9.64 Å². The highest BCUT2D eigenvalue weighted by molar-refractivity contribution is 6.37. The number of rotatable bonds is 1. The third-order valence-electron chi connectivity index (χ3n) is 4.08. The molecule has 128 valence electrons. The first-order chi connectivity index (χ1) is 11.2. The minimum absolute atomic E-state index is 0.250. The first-order valence-corrected chi connectivity index (χ1v) is 8.21. The molecule has 2 aliphatic rings. The maximum Gasteiger partial charge on any atom is 0.410 e. The van der Waals surface area contributed by atoms with Crippen molar-refractivity contribution in [2.45, 2.75) is 38.8 Å². The zero-order valence-corrected chi connectivity index (χ0v) is 14.6. The molecule has 1 atom stereocenters. The van der Waals surface area contributed by atoms with Gasteiger partial charge in [-0.3, -0.25) is 14.5 Å². The number of fused-ring (bicyclic) bond motifs is 1. The first-order valence-electron chi connectivity index (χ1n) is 7.83. The van der Waals surface area contributed by atoms with Crippen molar-refractivity contribution in [1.82, 2.24) is 9.80 Å². The monoisotopic (exact) mass is 350 g/mol. The second kappa shape index (κ2) is 5.77. The van der Waals surface area contributed by atoms with Crippen LogP contribution >= 0.6 is 11.6 Å². The van der Waals surface area contributed by atoms with Crippen LogP contribution in [0.25, 0.3) is 0 Å². The Balaban J connectivity index is 1.76. The van der Waals surface area contributed by atoms with Crippen LogP contribution in [-0.4, -0.2) is 52.4 Å². The smallest absolute Gasteiger partial charge is 0.410 e. The van der Waals surface area contributed by atoms with Gasteiger partial charge >= 0.3 is 6.09 Å². The number of carbonyl (C=O) groups excluding carboxylic acids is 3. The number of benzene rings is 1. The summed E-state index contributed by atoms with van der Waals surface area (Å²) in [6.45, 7) is 6.11. The van der Waals surface area contributed by atoms with Gasteiger partial charge in [-0.15, -0.1) is 0 Å². The molecule has 0 bridgehead atoms. The molecule has 2 aliphatic heterocycles. The zero-order valence-electron chi connectivity index (χ0n) is 13.8. The number of amides is 3. The lowest BCUT2D eigenvalue weighted by molar-refractivity contribution is 0.0273. The maximum atomic E-state index is 12.6. The lowest BCUT2D eigenvalue weighted by Crippen LogP contribution is -2.43. The predicted octanol–water partition coefficient (Wildman–Crippen LogP) is 2.95. The highest BCUT2D eigenvalue weighted by atomic mass is 35.5. The molecule has 0 N–H and O–H groups in total. The molecular formula is C17H19ClN2O4. The van der Waals surface area contributed by atoms with Gasteiger partial charge in [0.15, 0.2) is 0 Å². The van der Waals surface area contributed by atoms with Gasteiger partial charge in [-0.25, -0.2) is 4.79 Å². The SMILES string of the molecule is CC(C)(C)OC(=O)N1CCC(N2C(=O)c3cccc(Cl)c3C2=O)C1.